The van der Waals surface area contributed by atoms with E-state index in [9.17, 15) is 0 Å². The van der Waals surface area contributed by atoms with Crippen LogP contribution in [0.15, 0.2) is 4.47 Å². The summed E-state index contributed by atoms with van der Waals surface area (Å²) in [5.74, 6) is 1.41. The van der Waals surface area contributed by atoms with Gasteiger partial charge in [-0.05, 0) is 48.0 Å². The minimum atomic E-state index is 0.558. The molecule has 1 saturated heterocycles. The Morgan fingerprint density at radius 1 is 1.12 bits per heavy atom. The number of anilines is 1. The summed E-state index contributed by atoms with van der Waals surface area (Å²) in [5.41, 5.74) is 1.10. The summed E-state index contributed by atoms with van der Waals surface area (Å²) in [6.07, 6.45) is 6.23. The van der Waals surface area contributed by atoms with Gasteiger partial charge in [-0.15, -0.1) is 0 Å². The first kappa shape index (κ1) is 11.7. The molecule has 3 nitrogen and oxygen atoms in total. The highest BCUT2D eigenvalue weighted by Gasteiger charge is 2.30. The lowest BCUT2D eigenvalue weighted by molar-refractivity contribution is 0.567. The molecule has 0 amide bonds. The van der Waals surface area contributed by atoms with Crippen LogP contribution < -0.4 is 4.90 Å². The maximum atomic E-state index is 6.19. The van der Waals surface area contributed by atoms with Crippen LogP contribution >= 0.6 is 27.5 Å². The van der Waals surface area contributed by atoms with Gasteiger partial charge in [0.25, 0.3) is 0 Å². The summed E-state index contributed by atoms with van der Waals surface area (Å²) in [7, 11) is 0. The Hall–Kier alpha value is -0.350. The summed E-state index contributed by atoms with van der Waals surface area (Å²) < 4.78 is 0.891. The lowest BCUT2D eigenvalue weighted by Gasteiger charge is -2.27. The standard InChI is InChI=1S/C12H15BrClN3/c13-9-10(8-4-5-8)15-12(16-11(9)14)17-6-2-1-3-7-17/h8H,1-7H2. The highest BCUT2D eigenvalue weighted by atomic mass is 79.9. The van der Waals surface area contributed by atoms with Crippen molar-refractivity contribution in [1.82, 2.24) is 9.97 Å². The second-order valence-electron chi connectivity index (χ2n) is 4.84. The predicted molar refractivity (Wildman–Crippen MR) is 72.8 cm³/mol. The van der Waals surface area contributed by atoms with E-state index in [2.05, 4.69) is 25.8 Å². The molecule has 17 heavy (non-hydrogen) atoms. The van der Waals surface area contributed by atoms with Crippen molar-refractivity contribution in [3.8, 4) is 0 Å². The van der Waals surface area contributed by atoms with Gasteiger partial charge in [0.05, 0.1) is 10.2 Å². The van der Waals surface area contributed by atoms with E-state index in [-0.39, 0.29) is 0 Å². The second kappa shape index (κ2) is 4.73. The van der Waals surface area contributed by atoms with Crippen LogP contribution in [0.5, 0.6) is 0 Å². The van der Waals surface area contributed by atoms with Crippen LogP contribution in [-0.2, 0) is 0 Å². The lowest BCUT2D eigenvalue weighted by atomic mass is 10.1. The van der Waals surface area contributed by atoms with Crippen LogP contribution in [0.3, 0.4) is 0 Å². The SMILES string of the molecule is Clc1nc(N2CCCCC2)nc(C2CC2)c1Br. The van der Waals surface area contributed by atoms with Gasteiger partial charge in [0.2, 0.25) is 5.95 Å². The maximum absolute atomic E-state index is 6.19. The molecule has 0 bridgehead atoms. The van der Waals surface area contributed by atoms with Crippen molar-refractivity contribution in [3.05, 3.63) is 15.3 Å². The number of hydrogen-bond donors (Lipinski definition) is 0. The summed E-state index contributed by atoms with van der Waals surface area (Å²) >= 11 is 9.69. The van der Waals surface area contributed by atoms with E-state index in [1.807, 2.05) is 0 Å². The van der Waals surface area contributed by atoms with Crippen molar-refractivity contribution >= 4 is 33.5 Å². The van der Waals surface area contributed by atoms with Gasteiger partial charge in [-0.25, -0.2) is 4.98 Å². The molecule has 1 saturated carbocycles. The van der Waals surface area contributed by atoms with Gasteiger partial charge in [0, 0.05) is 19.0 Å². The Kier molecular flexibility index (Phi) is 3.26. The van der Waals surface area contributed by atoms with E-state index in [1.165, 1.54) is 32.1 Å². The van der Waals surface area contributed by atoms with Crippen LogP contribution in [0.25, 0.3) is 0 Å². The van der Waals surface area contributed by atoms with Crippen LogP contribution in [0.1, 0.15) is 43.7 Å². The van der Waals surface area contributed by atoms with Crippen molar-refractivity contribution in [2.45, 2.75) is 38.0 Å². The van der Waals surface area contributed by atoms with E-state index >= 15 is 0 Å². The molecule has 0 radical (unpaired) electrons. The lowest BCUT2D eigenvalue weighted by Crippen LogP contribution is -2.31. The highest BCUT2D eigenvalue weighted by molar-refractivity contribution is 9.10. The van der Waals surface area contributed by atoms with E-state index in [4.69, 9.17) is 16.6 Å². The maximum Gasteiger partial charge on any atom is 0.227 e. The zero-order valence-corrected chi connectivity index (χ0v) is 12.0. The van der Waals surface area contributed by atoms with E-state index < -0.39 is 0 Å². The molecule has 2 fully saturated rings. The minimum Gasteiger partial charge on any atom is -0.341 e. The molecule has 0 spiro atoms. The predicted octanol–water partition coefficient (Wildman–Crippen LogP) is 3.76. The van der Waals surface area contributed by atoms with Gasteiger partial charge in [-0.3, -0.25) is 0 Å². The van der Waals surface area contributed by atoms with Gasteiger partial charge in [-0.1, -0.05) is 11.6 Å². The fraction of sp³-hybridized carbons (Fsp3) is 0.667. The van der Waals surface area contributed by atoms with Gasteiger partial charge < -0.3 is 4.90 Å². The third kappa shape index (κ3) is 2.43. The summed E-state index contributed by atoms with van der Waals surface area (Å²) in [4.78, 5) is 11.4. The molecule has 0 N–H and O–H groups in total. The van der Waals surface area contributed by atoms with Gasteiger partial charge in [0.1, 0.15) is 5.15 Å². The van der Waals surface area contributed by atoms with Gasteiger partial charge in [-0.2, -0.15) is 4.98 Å². The molecule has 0 atom stereocenters. The van der Waals surface area contributed by atoms with Crippen molar-refractivity contribution in [2.24, 2.45) is 0 Å². The first-order chi connectivity index (χ1) is 8.25. The number of nitrogens with zero attached hydrogens (tertiary/aromatic N) is 3. The summed E-state index contributed by atoms with van der Waals surface area (Å²) in [6.45, 7) is 2.12. The smallest absolute Gasteiger partial charge is 0.227 e. The molecule has 92 valence electrons. The van der Waals surface area contributed by atoms with E-state index in [1.54, 1.807) is 0 Å². The van der Waals surface area contributed by atoms with Crippen LogP contribution in [0, 0.1) is 0 Å². The normalized spacial score (nSPS) is 20.7. The van der Waals surface area contributed by atoms with Crippen LogP contribution in [0.2, 0.25) is 5.15 Å². The molecule has 0 unspecified atom stereocenters. The van der Waals surface area contributed by atoms with E-state index in [0.29, 0.717) is 11.1 Å². The molecular formula is C12H15BrClN3. The highest BCUT2D eigenvalue weighted by Crippen LogP contribution is 2.44. The van der Waals surface area contributed by atoms with Crippen LogP contribution in [-0.4, -0.2) is 23.1 Å². The summed E-state index contributed by atoms with van der Waals surface area (Å²) in [5, 5.41) is 0.558. The van der Waals surface area contributed by atoms with Crippen molar-refractivity contribution < 1.29 is 0 Å². The fourth-order valence-corrected chi connectivity index (χ4v) is 2.96. The van der Waals surface area contributed by atoms with Crippen molar-refractivity contribution in [3.63, 3.8) is 0 Å². The Balaban J connectivity index is 1.93. The molecule has 2 heterocycles. The average molecular weight is 317 g/mol. The van der Waals surface area contributed by atoms with E-state index in [0.717, 1.165) is 29.2 Å². The molecule has 5 heteroatoms. The number of hydrogen-bond acceptors (Lipinski definition) is 3. The number of rotatable bonds is 2. The number of aromatic nitrogens is 2. The molecule has 1 aromatic rings. The molecule has 2 aliphatic rings. The molecule has 0 aromatic carbocycles. The zero-order chi connectivity index (χ0) is 11.8. The molecule has 1 aromatic heterocycles. The monoisotopic (exact) mass is 315 g/mol. The van der Waals surface area contributed by atoms with Crippen molar-refractivity contribution in [1.29, 1.82) is 0 Å². The third-order valence-electron chi connectivity index (χ3n) is 3.43. The third-order valence-corrected chi connectivity index (χ3v) is 4.71. The van der Waals surface area contributed by atoms with Crippen LogP contribution in [0.4, 0.5) is 5.95 Å². The quantitative estimate of drug-likeness (QED) is 0.778. The Labute approximate surface area is 115 Å². The number of piperidine rings is 1. The second-order valence-corrected chi connectivity index (χ2v) is 5.99. The van der Waals surface area contributed by atoms with Gasteiger partial charge >= 0.3 is 0 Å². The topological polar surface area (TPSA) is 29.0 Å². The van der Waals surface area contributed by atoms with Crippen molar-refractivity contribution in [2.75, 3.05) is 18.0 Å². The number of halogens is 2. The average Bonchev–Trinajstić information content (AvgIpc) is 3.18. The summed E-state index contributed by atoms with van der Waals surface area (Å²) in [6, 6.07) is 0. The zero-order valence-electron chi connectivity index (χ0n) is 9.62. The molecule has 3 rings (SSSR count). The Bertz CT molecular complexity index is 428. The Morgan fingerprint density at radius 3 is 2.47 bits per heavy atom. The molecule has 1 aliphatic carbocycles. The first-order valence-corrected chi connectivity index (χ1v) is 7.40. The molecular weight excluding hydrogens is 302 g/mol. The van der Waals surface area contributed by atoms with Gasteiger partial charge in [0.15, 0.2) is 0 Å². The first-order valence-electron chi connectivity index (χ1n) is 6.23. The fourth-order valence-electron chi connectivity index (χ4n) is 2.29. The Morgan fingerprint density at radius 2 is 1.82 bits per heavy atom. The molecule has 1 aliphatic heterocycles. The largest absolute Gasteiger partial charge is 0.341 e. The minimum absolute atomic E-state index is 0.558.